The van der Waals surface area contributed by atoms with Crippen LogP contribution >= 0.6 is 0 Å². The molecule has 0 atom stereocenters. The number of carbonyl (C=O) groups excluding carboxylic acids is 2. The molecule has 1 heterocycles. The quantitative estimate of drug-likeness (QED) is 0.673. The number of anilines is 2. The lowest BCUT2D eigenvalue weighted by molar-refractivity contribution is -0.118. The molecular formula is C21H20F2N4O2. The maximum atomic E-state index is 14.2. The first-order valence-electron chi connectivity index (χ1n) is 8.99. The normalized spacial score (nSPS) is 10.8. The van der Waals surface area contributed by atoms with Gasteiger partial charge in [-0.3, -0.25) is 9.59 Å². The molecule has 0 aliphatic carbocycles. The van der Waals surface area contributed by atoms with Crippen molar-refractivity contribution in [2.24, 2.45) is 5.92 Å². The average molecular weight is 398 g/mol. The summed E-state index contributed by atoms with van der Waals surface area (Å²) in [6, 6.07) is 10.9. The van der Waals surface area contributed by atoms with E-state index in [0.29, 0.717) is 17.4 Å². The van der Waals surface area contributed by atoms with Crippen molar-refractivity contribution in [1.29, 1.82) is 0 Å². The Morgan fingerprint density at radius 3 is 2.34 bits per heavy atom. The highest BCUT2D eigenvalue weighted by Crippen LogP contribution is 2.23. The number of rotatable bonds is 5. The monoisotopic (exact) mass is 398 g/mol. The van der Waals surface area contributed by atoms with Crippen LogP contribution in [0.1, 0.15) is 29.9 Å². The fourth-order valence-corrected chi connectivity index (χ4v) is 2.65. The summed E-state index contributed by atoms with van der Waals surface area (Å²) in [5.74, 6) is -3.61. The van der Waals surface area contributed by atoms with Gasteiger partial charge in [0, 0.05) is 12.0 Å². The van der Waals surface area contributed by atoms with Gasteiger partial charge in [0.05, 0.1) is 34.5 Å². The van der Waals surface area contributed by atoms with E-state index in [2.05, 4.69) is 15.7 Å². The van der Waals surface area contributed by atoms with Crippen molar-refractivity contribution < 1.29 is 18.4 Å². The molecular weight excluding hydrogens is 378 g/mol. The van der Waals surface area contributed by atoms with Crippen molar-refractivity contribution in [2.75, 3.05) is 10.6 Å². The third-order valence-electron chi connectivity index (χ3n) is 4.34. The van der Waals surface area contributed by atoms with Crippen LogP contribution in [0.5, 0.6) is 0 Å². The van der Waals surface area contributed by atoms with Gasteiger partial charge in [0.25, 0.3) is 5.91 Å². The Hall–Kier alpha value is -3.55. The summed E-state index contributed by atoms with van der Waals surface area (Å²) < 4.78 is 29.8. The van der Waals surface area contributed by atoms with Crippen molar-refractivity contribution in [3.63, 3.8) is 0 Å². The highest BCUT2D eigenvalue weighted by molar-refractivity contribution is 6.06. The zero-order valence-electron chi connectivity index (χ0n) is 16.2. The zero-order chi connectivity index (χ0) is 21.1. The molecule has 8 heteroatoms. The van der Waals surface area contributed by atoms with Crippen molar-refractivity contribution in [2.45, 2.75) is 20.8 Å². The predicted molar refractivity (Wildman–Crippen MR) is 106 cm³/mol. The summed E-state index contributed by atoms with van der Waals surface area (Å²) >= 11 is 0. The second-order valence-electron chi connectivity index (χ2n) is 6.80. The molecule has 0 aliphatic rings. The average Bonchev–Trinajstić information content (AvgIpc) is 3.04. The van der Waals surface area contributed by atoms with Crippen molar-refractivity contribution in [3.05, 3.63) is 71.6 Å². The Bertz CT molecular complexity index is 1060. The standard InChI is InChI=1S/C21H20F2N4O2/c1-12(2)20(28)25-18-9-15(16(22)10-17(18)23)21(29)26-19-11-24-27(13(19)3)14-7-5-4-6-8-14/h4-12H,1-3H3,(H,25,28)(H,26,29). The number of aromatic nitrogens is 2. The first kappa shape index (κ1) is 20.2. The number of nitrogens with one attached hydrogen (secondary N) is 2. The molecule has 29 heavy (non-hydrogen) atoms. The second kappa shape index (κ2) is 8.22. The summed E-state index contributed by atoms with van der Waals surface area (Å²) in [4.78, 5) is 24.4. The van der Waals surface area contributed by atoms with Crippen LogP contribution in [-0.2, 0) is 4.79 Å². The summed E-state index contributed by atoms with van der Waals surface area (Å²) in [5, 5.41) is 9.18. The van der Waals surface area contributed by atoms with E-state index in [9.17, 15) is 18.4 Å². The Labute approximate surface area is 166 Å². The Balaban J connectivity index is 1.86. The number of carbonyl (C=O) groups is 2. The lowest BCUT2D eigenvalue weighted by Gasteiger charge is -2.12. The molecule has 2 aromatic carbocycles. The lowest BCUT2D eigenvalue weighted by atomic mass is 10.1. The SMILES string of the molecule is Cc1c(NC(=O)c2cc(NC(=O)C(C)C)c(F)cc2F)cnn1-c1ccccc1. The van der Waals surface area contributed by atoms with Gasteiger partial charge in [-0.15, -0.1) is 0 Å². The summed E-state index contributed by atoms with van der Waals surface area (Å²) in [6.07, 6.45) is 1.45. The Morgan fingerprint density at radius 1 is 1.00 bits per heavy atom. The summed E-state index contributed by atoms with van der Waals surface area (Å²) in [6.45, 7) is 5.03. The van der Waals surface area contributed by atoms with Gasteiger partial charge in [-0.2, -0.15) is 5.10 Å². The first-order chi connectivity index (χ1) is 13.8. The van der Waals surface area contributed by atoms with Gasteiger partial charge >= 0.3 is 0 Å². The van der Waals surface area contributed by atoms with E-state index in [1.165, 1.54) is 6.20 Å². The first-order valence-corrected chi connectivity index (χ1v) is 8.99. The minimum atomic E-state index is -1.03. The van der Waals surface area contributed by atoms with Crippen LogP contribution in [0.25, 0.3) is 5.69 Å². The van der Waals surface area contributed by atoms with E-state index in [4.69, 9.17) is 0 Å². The number of para-hydroxylation sites is 1. The minimum absolute atomic E-state index is 0.257. The Morgan fingerprint density at radius 2 is 1.69 bits per heavy atom. The smallest absolute Gasteiger partial charge is 0.258 e. The number of halogens is 2. The second-order valence-corrected chi connectivity index (χ2v) is 6.80. The van der Waals surface area contributed by atoms with Crippen molar-refractivity contribution in [1.82, 2.24) is 9.78 Å². The summed E-state index contributed by atoms with van der Waals surface area (Å²) in [5.41, 5.74) is 1.18. The van der Waals surface area contributed by atoms with Gasteiger partial charge in [-0.05, 0) is 25.1 Å². The van der Waals surface area contributed by atoms with Crippen LogP contribution in [0.4, 0.5) is 20.2 Å². The van der Waals surface area contributed by atoms with Gasteiger partial charge < -0.3 is 10.6 Å². The third kappa shape index (κ3) is 4.31. The molecule has 2 amide bonds. The zero-order valence-corrected chi connectivity index (χ0v) is 16.2. The van der Waals surface area contributed by atoms with E-state index < -0.39 is 34.9 Å². The molecule has 1 aromatic heterocycles. The maximum absolute atomic E-state index is 14.2. The van der Waals surface area contributed by atoms with E-state index in [0.717, 1.165) is 11.8 Å². The van der Waals surface area contributed by atoms with E-state index >= 15 is 0 Å². The van der Waals surface area contributed by atoms with Crippen LogP contribution in [0.3, 0.4) is 0 Å². The van der Waals surface area contributed by atoms with Gasteiger partial charge in [-0.25, -0.2) is 13.5 Å². The number of nitrogens with zero attached hydrogens (tertiary/aromatic N) is 2. The topological polar surface area (TPSA) is 76.0 Å². The van der Waals surface area contributed by atoms with Gasteiger partial charge in [0.1, 0.15) is 11.6 Å². The highest BCUT2D eigenvalue weighted by atomic mass is 19.1. The van der Waals surface area contributed by atoms with Crippen LogP contribution in [0, 0.1) is 24.5 Å². The predicted octanol–water partition coefficient (Wildman–Crippen LogP) is 4.31. The van der Waals surface area contributed by atoms with Crippen LogP contribution < -0.4 is 10.6 Å². The van der Waals surface area contributed by atoms with Crippen molar-refractivity contribution in [3.8, 4) is 5.69 Å². The number of hydrogen-bond acceptors (Lipinski definition) is 3. The van der Waals surface area contributed by atoms with Crippen LogP contribution in [-0.4, -0.2) is 21.6 Å². The van der Waals surface area contributed by atoms with E-state index in [1.54, 1.807) is 25.5 Å². The third-order valence-corrected chi connectivity index (χ3v) is 4.34. The Kier molecular flexibility index (Phi) is 5.72. The van der Waals surface area contributed by atoms with Crippen LogP contribution in [0.15, 0.2) is 48.7 Å². The van der Waals surface area contributed by atoms with Crippen molar-refractivity contribution >= 4 is 23.2 Å². The fraction of sp³-hybridized carbons (Fsp3) is 0.190. The molecule has 0 unspecified atom stereocenters. The number of amides is 2. The molecule has 0 aliphatic heterocycles. The van der Waals surface area contributed by atoms with Gasteiger partial charge in [0.2, 0.25) is 5.91 Å². The molecule has 3 rings (SSSR count). The fourth-order valence-electron chi connectivity index (χ4n) is 2.65. The highest BCUT2D eigenvalue weighted by Gasteiger charge is 2.20. The molecule has 150 valence electrons. The number of benzene rings is 2. The van der Waals surface area contributed by atoms with Gasteiger partial charge in [-0.1, -0.05) is 32.0 Å². The maximum Gasteiger partial charge on any atom is 0.258 e. The minimum Gasteiger partial charge on any atom is -0.323 e. The van der Waals surface area contributed by atoms with E-state index in [1.807, 2.05) is 30.3 Å². The lowest BCUT2D eigenvalue weighted by Crippen LogP contribution is -2.20. The molecule has 0 saturated heterocycles. The van der Waals surface area contributed by atoms with Crippen LogP contribution in [0.2, 0.25) is 0 Å². The van der Waals surface area contributed by atoms with E-state index in [-0.39, 0.29) is 5.69 Å². The molecule has 0 spiro atoms. The van der Waals surface area contributed by atoms with Gasteiger partial charge in [0.15, 0.2) is 0 Å². The molecule has 2 N–H and O–H groups in total. The molecule has 0 bridgehead atoms. The molecule has 0 fully saturated rings. The molecule has 0 saturated carbocycles. The molecule has 0 radical (unpaired) electrons. The summed E-state index contributed by atoms with van der Waals surface area (Å²) in [7, 11) is 0. The number of hydrogen-bond donors (Lipinski definition) is 2. The molecule has 6 nitrogen and oxygen atoms in total. The largest absolute Gasteiger partial charge is 0.323 e. The molecule has 3 aromatic rings.